The van der Waals surface area contributed by atoms with E-state index in [0.29, 0.717) is 0 Å². The number of rotatable bonds is 0. The minimum atomic E-state index is 0. The van der Waals surface area contributed by atoms with Gasteiger partial charge in [0.15, 0.2) is 0 Å². The van der Waals surface area contributed by atoms with E-state index in [9.17, 15) is 0 Å². The minimum absolute atomic E-state index is 0. The fourth-order valence-corrected chi connectivity index (χ4v) is 0. The quantitative estimate of drug-likeness (QED) is 0.298. The molecule has 0 aromatic carbocycles. The summed E-state index contributed by atoms with van der Waals surface area (Å²) in [6.45, 7) is 0. The van der Waals surface area contributed by atoms with Gasteiger partial charge in [0.2, 0.25) is 0 Å². The van der Waals surface area contributed by atoms with Crippen LogP contribution in [0, 0.1) is 37.7 Å². The molecule has 0 spiro atoms. The molecule has 0 fully saturated rings. The van der Waals surface area contributed by atoms with Crippen LogP contribution in [0.25, 0.3) is 0 Å². The zero-order valence-electron chi connectivity index (χ0n) is 1.51. The fraction of sp³-hybridized carbons (Fsp3) is 0. The number of hydrogen-bond donors (Lipinski definition) is 0. The summed E-state index contributed by atoms with van der Waals surface area (Å²) in [5.74, 6) is 0. The smallest absolute Gasteiger partial charge is 0 e. The SMILES string of the molecule is [Ar].[B][B].[SiH4]. The van der Waals surface area contributed by atoms with Gasteiger partial charge in [0.05, 0.1) is 0 Å². The Kier molecular flexibility index (Phi) is 102. The molecular formula is H4ArB2Si. The molecule has 0 amide bonds. The predicted molar refractivity (Wildman–Crippen MR) is 22.8 cm³/mol. The normalized spacial score (nSPS) is 1.00. The standard InChI is InChI=1S/Ar.B2.H4Si/c;1-2;/h;;1H4. The molecule has 0 bridgehead atoms. The van der Waals surface area contributed by atoms with E-state index >= 15 is 0 Å². The molecule has 4 heteroatoms. The summed E-state index contributed by atoms with van der Waals surface area (Å²) in [7, 11) is 8.00. The summed E-state index contributed by atoms with van der Waals surface area (Å²) in [5, 5.41) is 0. The van der Waals surface area contributed by atoms with Crippen LogP contribution in [0.2, 0.25) is 0 Å². The van der Waals surface area contributed by atoms with Crippen LogP contribution in [0.5, 0.6) is 0 Å². The first-order valence-electron chi connectivity index (χ1n) is 0.333. The van der Waals surface area contributed by atoms with Gasteiger partial charge in [0.1, 0.15) is 0 Å². The van der Waals surface area contributed by atoms with Gasteiger partial charge >= 0.3 is 0 Å². The molecule has 0 atom stereocenters. The molecule has 0 aliphatic carbocycles. The van der Waals surface area contributed by atoms with Crippen molar-refractivity contribution in [2.75, 3.05) is 0 Å². The van der Waals surface area contributed by atoms with Crippen LogP contribution < -0.4 is 0 Å². The first-order chi connectivity index (χ1) is 1.00. The summed E-state index contributed by atoms with van der Waals surface area (Å²) < 4.78 is 0. The maximum Gasteiger partial charge on any atom is 0 e. The van der Waals surface area contributed by atoms with Gasteiger partial charge in [0, 0.05) is 53.2 Å². The molecule has 4 heavy (non-hydrogen) atoms. The Bertz CT molecular complexity index is 6.00. The minimum Gasteiger partial charge on any atom is -0.0149 e. The molecular weight excluding hydrogens is 89.7 g/mol. The summed E-state index contributed by atoms with van der Waals surface area (Å²) in [6, 6.07) is 0. The molecule has 0 rings (SSSR count). The van der Waals surface area contributed by atoms with Crippen LogP contribution in [0.15, 0.2) is 0 Å². The van der Waals surface area contributed by atoms with Crippen molar-refractivity contribution < 1.29 is 37.7 Å². The Morgan fingerprint density at radius 1 is 1.00 bits per heavy atom. The van der Waals surface area contributed by atoms with Gasteiger partial charge in [-0.3, -0.25) is 0 Å². The Balaban J connectivity index is -0.00000000500. The van der Waals surface area contributed by atoms with Crippen LogP contribution in [0.3, 0.4) is 0 Å². The van der Waals surface area contributed by atoms with E-state index in [1.54, 1.807) is 0 Å². The molecule has 0 saturated carbocycles. The van der Waals surface area contributed by atoms with Crippen LogP contribution >= 0.6 is 0 Å². The zero-order valence-corrected chi connectivity index (χ0v) is 2.22. The second kappa shape index (κ2) is 23.2. The number of hydrogen-bond acceptors (Lipinski definition) is 0. The van der Waals surface area contributed by atoms with E-state index < -0.39 is 0 Å². The van der Waals surface area contributed by atoms with Crippen LogP contribution in [0.4, 0.5) is 0 Å². The topological polar surface area (TPSA) is 0 Å². The molecule has 0 nitrogen and oxygen atoms in total. The molecule has 0 unspecified atom stereocenters. The first kappa shape index (κ1) is 17.5. The third-order valence-electron chi connectivity index (χ3n) is 0. The summed E-state index contributed by atoms with van der Waals surface area (Å²) >= 11 is 0. The van der Waals surface area contributed by atoms with E-state index in [1.165, 1.54) is 0 Å². The van der Waals surface area contributed by atoms with E-state index in [4.69, 9.17) is 0 Å². The molecule has 4 radical (unpaired) electrons. The third kappa shape index (κ3) is 9.49. The van der Waals surface area contributed by atoms with Crippen molar-refractivity contribution in [3.8, 4) is 0 Å². The van der Waals surface area contributed by atoms with Crippen molar-refractivity contribution in [3.63, 3.8) is 0 Å². The van der Waals surface area contributed by atoms with Crippen molar-refractivity contribution in [1.82, 2.24) is 0 Å². The molecule has 0 aliphatic heterocycles. The zero-order chi connectivity index (χ0) is 2.00. The summed E-state index contributed by atoms with van der Waals surface area (Å²) in [4.78, 5) is 0. The second-order valence-corrected chi connectivity index (χ2v) is 0. The van der Waals surface area contributed by atoms with Gasteiger partial charge in [-0.25, -0.2) is 0 Å². The average Bonchev–Trinajstić information content (AvgIpc) is 1.00. The predicted octanol–water partition coefficient (Wildman–Crippen LogP) is -2.21. The fourth-order valence-electron chi connectivity index (χ4n) is 0. The van der Waals surface area contributed by atoms with E-state index in [1.807, 2.05) is 0 Å². The van der Waals surface area contributed by atoms with Crippen molar-refractivity contribution in [2.45, 2.75) is 0 Å². The molecule has 0 heterocycles. The van der Waals surface area contributed by atoms with Crippen molar-refractivity contribution >= 4 is 26.4 Å². The third-order valence-corrected chi connectivity index (χ3v) is 0. The van der Waals surface area contributed by atoms with Gasteiger partial charge < -0.3 is 0 Å². The Morgan fingerprint density at radius 3 is 1.00 bits per heavy atom. The second-order valence-electron chi connectivity index (χ2n) is 0. The van der Waals surface area contributed by atoms with E-state index in [0.717, 1.165) is 0 Å². The Morgan fingerprint density at radius 2 is 1.00 bits per heavy atom. The molecule has 0 saturated heterocycles. The average molecular weight is 93.7 g/mol. The van der Waals surface area contributed by atoms with Gasteiger partial charge in [-0.15, -0.1) is 0 Å². The summed E-state index contributed by atoms with van der Waals surface area (Å²) in [6.07, 6.45) is 0. The van der Waals surface area contributed by atoms with E-state index in [-0.39, 0.29) is 48.7 Å². The molecule has 0 aliphatic rings. The Labute approximate surface area is 63.6 Å². The molecule has 0 aromatic heterocycles. The molecule has 22 valence electrons. The first-order valence-corrected chi connectivity index (χ1v) is 0.333. The van der Waals surface area contributed by atoms with Crippen molar-refractivity contribution in [1.29, 1.82) is 0 Å². The Hall–Kier alpha value is 1.61. The van der Waals surface area contributed by atoms with Crippen molar-refractivity contribution in [2.24, 2.45) is 0 Å². The van der Waals surface area contributed by atoms with E-state index in [2.05, 4.69) is 15.5 Å². The van der Waals surface area contributed by atoms with Gasteiger partial charge in [-0.1, -0.05) is 0 Å². The van der Waals surface area contributed by atoms with Crippen molar-refractivity contribution in [3.05, 3.63) is 0 Å². The van der Waals surface area contributed by atoms with Crippen LogP contribution in [-0.4, -0.2) is 26.4 Å². The molecule has 0 aromatic rings. The van der Waals surface area contributed by atoms with Crippen LogP contribution in [0.1, 0.15) is 0 Å². The van der Waals surface area contributed by atoms with Gasteiger partial charge in [-0.2, -0.15) is 0 Å². The van der Waals surface area contributed by atoms with Crippen LogP contribution in [-0.2, 0) is 0 Å². The van der Waals surface area contributed by atoms with Gasteiger partial charge in [-0.05, 0) is 11.0 Å². The van der Waals surface area contributed by atoms with Gasteiger partial charge in [0.25, 0.3) is 0 Å². The largest absolute Gasteiger partial charge is 0.0149 e. The molecule has 0 N–H and O–H groups in total. The maximum atomic E-state index is 4.00. The summed E-state index contributed by atoms with van der Waals surface area (Å²) in [5.41, 5.74) is 0. The maximum absolute atomic E-state index is 4.00. The monoisotopic (exact) mass is 94.0 g/mol.